The zero-order valence-corrected chi connectivity index (χ0v) is 12.5. The van der Waals surface area contributed by atoms with Crippen molar-refractivity contribution in [1.29, 1.82) is 0 Å². The summed E-state index contributed by atoms with van der Waals surface area (Å²) in [6, 6.07) is 0.366. The van der Waals surface area contributed by atoms with E-state index < -0.39 is 0 Å². The molecule has 1 unspecified atom stereocenters. The summed E-state index contributed by atoms with van der Waals surface area (Å²) < 4.78 is 0. The minimum Gasteiger partial charge on any atom is -0.356 e. The summed E-state index contributed by atoms with van der Waals surface area (Å²) in [4.78, 5) is 11.9. The molecular weight excluding hydrogens is 224 g/mol. The molecule has 0 radical (unpaired) electrons. The molecule has 1 aliphatic rings. The number of carbonyl (C=O) groups excluding carboxylic acids is 1. The predicted octanol–water partition coefficient (Wildman–Crippen LogP) is 2.69. The number of nitrogens with two attached hydrogens (primary N) is 1. The van der Waals surface area contributed by atoms with Crippen molar-refractivity contribution in [2.24, 2.45) is 23.0 Å². The second kappa shape index (κ2) is 6.55. The van der Waals surface area contributed by atoms with Crippen molar-refractivity contribution in [3.05, 3.63) is 0 Å². The first-order valence-electron chi connectivity index (χ1n) is 7.31. The summed E-state index contributed by atoms with van der Waals surface area (Å²) in [7, 11) is 0. The van der Waals surface area contributed by atoms with Crippen LogP contribution in [0.15, 0.2) is 0 Å². The monoisotopic (exact) mass is 254 g/mol. The van der Waals surface area contributed by atoms with Crippen molar-refractivity contribution in [2.75, 3.05) is 6.54 Å². The minimum atomic E-state index is 0.214. The molecule has 1 amide bonds. The second-order valence-corrected chi connectivity index (χ2v) is 7.06. The molecule has 1 rings (SSSR count). The molecule has 3 nitrogen and oxygen atoms in total. The van der Waals surface area contributed by atoms with E-state index in [1.807, 2.05) is 0 Å². The topological polar surface area (TPSA) is 55.1 Å². The Bertz CT molecular complexity index is 262. The summed E-state index contributed by atoms with van der Waals surface area (Å²) >= 11 is 0. The fourth-order valence-electron chi connectivity index (χ4n) is 2.30. The van der Waals surface area contributed by atoms with E-state index in [0.29, 0.717) is 24.3 Å². The van der Waals surface area contributed by atoms with E-state index in [1.54, 1.807) is 0 Å². The number of carbonyl (C=O) groups is 1. The van der Waals surface area contributed by atoms with Crippen LogP contribution in [0.2, 0.25) is 0 Å². The average Bonchev–Trinajstić information content (AvgIpc) is 2.28. The lowest BCUT2D eigenvalue weighted by molar-refractivity contribution is -0.122. The van der Waals surface area contributed by atoms with Crippen molar-refractivity contribution in [3.8, 4) is 0 Å². The van der Waals surface area contributed by atoms with Gasteiger partial charge in [0.15, 0.2) is 0 Å². The first-order chi connectivity index (χ1) is 8.29. The van der Waals surface area contributed by atoms with Crippen molar-refractivity contribution in [1.82, 2.24) is 5.32 Å². The molecule has 0 bridgehead atoms. The van der Waals surface area contributed by atoms with Gasteiger partial charge in [-0.1, -0.05) is 27.7 Å². The lowest BCUT2D eigenvalue weighted by Gasteiger charge is -2.28. The average molecular weight is 254 g/mol. The van der Waals surface area contributed by atoms with E-state index >= 15 is 0 Å². The van der Waals surface area contributed by atoms with Gasteiger partial charge in [-0.2, -0.15) is 0 Å². The molecule has 1 atom stereocenters. The van der Waals surface area contributed by atoms with E-state index in [2.05, 4.69) is 33.0 Å². The van der Waals surface area contributed by atoms with Crippen molar-refractivity contribution >= 4 is 5.91 Å². The van der Waals surface area contributed by atoms with Crippen LogP contribution in [0.5, 0.6) is 0 Å². The number of hydrogen-bond acceptors (Lipinski definition) is 2. The lowest BCUT2D eigenvalue weighted by atomic mass is 9.82. The number of hydrogen-bond donors (Lipinski definition) is 2. The molecule has 0 spiro atoms. The molecule has 0 saturated heterocycles. The molecule has 0 aliphatic heterocycles. The van der Waals surface area contributed by atoms with Gasteiger partial charge in [0.25, 0.3) is 0 Å². The van der Waals surface area contributed by atoms with Crippen LogP contribution in [0.4, 0.5) is 0 Å². The molecule has 0 aromatic rings. The van der Waals surface area contributed by atoms with Crippen molar-refractivity contribution < 1.29 is 4.79 Å². The van der Waals surface area contributed by atoms with Gasteiger partial charge in [0.2, 0.25) is 5.91 Å². The van der Waals surface area contributed by atoms with Crippen LogP contribution in [0, 0.1) is 17.3 Å². The molecule has 3 N–H and O–H groups in total. The zero-order chi connectivity index (χ0) is 13.8. The molecule has 18 heavy (non-hydrogen) atoms. The van der Waals surface area contributed by atoms with Crippen LogP contribution in [0.3, 0.4) is 0 Å². The first-order valence-corrected chi connectivity index (χ1v) is 7.31. The summed E-state index contributed by atoms with van der Waals surface area (Å²) in [6.45, 7) is 9.62. The van der Waals surface area contributed by atoms with E-state index in [1.165, 1.54) is 0 Å². The molecule has 1 fully saturated rings. The van der Waals surface area contributed by atoms with Gasteiger partial charge < -0.3 is 11.1 Å². The van der Waals surface area contributed by atoms with Gasteiger partial charge in [-0.25, -0.2) is 0 Å². The number of rotatable bonds is 4. The molecule has 3 heteroatoms. The normalized spacial score (nSPS) is 26.7. The van der Waals surface area contributed by atoms with Crippen LogP contribution in [0.25, 0.3) is 0 Å². The Labute approximate surface area is 112 Å². The van der Waals surface area contributed by atoms with Crippen LogP contribution < -0.4 is 11.1 Å². The molecule has 0 aromatic carbocycles. The smallest absolute Gasteiger partial charge is 0.220 e. The molecule has 1 saturated carbocycles. The summed E-state index contributed by atoms with van der Waals surface area (Å²) in [6.07, 6.45) is 5.07. The summed E-state index contributed by atoms with van der Waals surface area (Å²) in [5, 5.41) is 3.08. The van der Waals surface area contributed by atoms with Crippen LogP contribution in [-0.4, -0.2) is 18.5 Å². The van der Waals surface area contributed by atoms with E-state index in [-0.39, 0.29) is 11.3 Å². The fraction of sp³-hybridized carbons (Fsp3) is 0.933. The third kappa shape index (κ3) is 5.38. The maximum Gasteiger partial charge on any atom is 0.220 e. The SMILES string of the molecule is CC(CNC(=O)CC1CCC(N)CC1)C(C)(C)C. The summed E-state index contributed by atoms with van der Waals surface area (Å²) in [5.41, 5.74) is 6.13. The molecular formula is C15H30N2O. The largest absolute Gasteiger partial charge is 0.356 e. The van der Waals surface area contributed by atoms with Crippen LogP contribution >= 0.6 is 0 Å². The quantitative estimate of drug-likeness (QED) is 0.810. The van der Waals surface area contributed by atoms with Gasteiger partial charge in [-0.05, 0) is 42.9 Å². The maximum absolute atomic E-state index is 11.9. The Morgan fingerprint density at radius 1 is 1.28 bits per heavy atom. The first kappa shape index (κ1) is 15.5. The highest BCUT2D eigenvalue weighted by molar-refractivity contribution is 5.76. The number of nitrogens with one attached hydrogen (secondary N) is 1. The van der Waals surface area contributed by atoms with Crippen molar-refractivity contribution in [3.63, 3.8) is 0 Å². The fourth-order valence-corrected chi connectivity index (χ4v) is 2.30. The zero-order valence-electron chi connectivity index (χ0n) is 12.5. The van der Waals surface area contributed by atoms with Crippen LogP contribution in [-0.2, 0) is 4.79 Å². The number of amides is 1. The second-order valence-electron chi connectivity index (χ2n) is 7.06. The molecule has 0 aromatic heterocycles. The van der Waals surface area contributed by atoms with Gasteiger partial charge in [0.05, 0.1) is 0 Å². The highest BCUT2D eigenvalue weighted by Gasteiger charge is 2.23. The minimum absolute atomic E-state index is 0.214. The molecule has 0 heterocycles. The summed E-state index contributed by atoms with van der Waals surface area (Å²) in [5.74, 6) is 1.27. The standard InChI is InChI=1S/C15H30N2O/c1-11(15(2,3)4)10-17-14(18)9-12-5-7-13(16)8-6-12/h11-13H,5-10,16H2,1-4H3,(H,17,18). The van der Waals surface area contributed by atoms with Gasteiger partial charge >= 0.3 is 0 Å². The Morgan fingerprint density at radius 3 is 2.33 bits per heavy atom. The Morgan fingerprint density at radius 2 is 1.83 bits per heavy atom. The van der Waals surface area contributed by atoms with Gasteiger partial charge in [0, 0.05) is 19.0 Å². The predicted molar refractivity (Wildman–Crippen MR) is 76.2 cm³/mol. The third-order valence-electron chi connectivity index (χ3n) is 4.45. The Balaban J connectivity index is 2.22. The lowest BCUT2D eigenvalue weighted by Crippen LogP contribution is -2.35. The van der Waals surface area contributed by atoms with E-state index in [0.717, 1.165) is 32.2 Å². The van der Waals surface area contributed by atoms with Gasteiger partial charge in [-0.15, -0.1) is 0 Å². The highest BCUT2D eigenvalue weighted by atomic mass is 16.1. The molecule has 106 valence electrons. The molecule has 1 aliphatic carbocycles. The third-order valence-corrected chi connectivity index (χ3v) is 4.45. The van der Waals surface area contributed by atoms with E-state index in [4.69, 9.17) is 5.73 Å². The maximum atomic E-state index is 11.9. The van der Waals surface area contributed by atoms with Gasteiger partial charge in [-0.3, -0.25) is 4.79 Å². The van der Waals surface area contributed by atoms with Crippen molar-refractivity contribution in [2.45, 2.75) is 65.8 Å². The Kier molecular flexibility index (Phi) is 5.64. The van der Waals surface area contributed by atoms with E-state index in [9.17, 15) is 4.79 Å². The van der Waals surface area contributed by atoms with Crippen LogP contribution in [0.1, 0.15) is 59.8 Å². The highest BCUT2D eigenvalue weighted by Crippen LogP contribution is 2.26. The van der Waals surface area contributed by atoms with Gasteiger partial charge in [0.1, 0.15) is 0 Å². The Hall–Kier alpha value is -0.570.